The highest BCUT2D eigenvalue weighted by atomic mass is 32.2. The van der Waals surface area contributed by atoms with E-state index in [1.807, 2.05) is 0 Å². The van der Waals surface area contributed by atoms with Crippen molar-refractivity contribution in [1.82, 2.24) is 0 Å². The van der Waals surface area contributed by atoms with Gasteiger partial charge in [-0.1, -0.05) is 6.07 Å². The summed E-state index contributed by atoms with van der Waals surface area (Å²) in [5.74, 6) is -1.10. The Balaban J connectivity index is 3.31. The number of carbonyl (C=O) groups is 1. The van der Waals surface area contributed by atoms with E-state index in [1.165, 1.54) is 19.2 Å². The van der Waals surface area contributed by atoms with Crippen molar-refractivity contribution in [3.8, 4) is 0 Å². The summed E-state index contributed by atoms with van der Waals surface area (Å²) >= 11 is 0. The Labute approximate surface area is 101 Å². The Hall–Kier alpha value is -1.56. The zero-order valence-corrected chi connectivity index (χ0v) is 10.8. The first-order chi connectivity index (χ1) is 7.79. The van der Waals surface area contributed by atoms with Crippen molar-refractivity contribution in [2.75, 3.05) is 17.1 Å². The van der Waals surface area contributed by atoms with Gasteiger partial charge in [0.25, 0.3) is 0 Å². The lowest BCUT2D eigenvalue weighted by atomic mass is 10.1. The summed E-state index contributed by atoms with van der Waals surface area (Å²) in [5, 5.41) is 8.87. The fourth-order valence-electron chi connectivity index (χ4n) is 1.43. The third kappa shape index (κ3) is 2.76. The third-order valence-corrected chi connectivity index (χ3v) is 4.34. The second-order valence-electron chi connectivity index (χ2n) is 3.67. The molecule has 6 heteroatoms. The van der Waals surface area contributed by atoms with E-state index in [2.05, 4.69) is 0 Å². The third-order valence-electron chi connectivity index (χ3n) is 2.58. The average Bonchev–Trinajstić information content (AvgIpc) is 2.28. The van der Waals surface area contributed by atoms with Crippen molar-refractivity contribution in [3.05, 3.63) is 29.3 Å². The molecule has 0 fully saturated rings. The summed E-state index contributed by atoms with van der Waals surface area (Å²) in [6, 6.07) is 4.42. The number of sulfonamides is 1. The van der Waals surface area contributed by atoms with Gasteiger partial charge in [0.15, 0.2) is 0 Å². The Morgan fingerprint density at radius 2 is 2.00 bits per heavy atom. The zero-order chi connectivity index (χ0) is 13.2. The molecule has 0 aliphatic rings. The molecule has 94 valence electrons. The molecule has 1 aromatic rings. The fourth-order valence-corrected chi connectivity index (χ4v) is 2.31. The Morgan fingerprint density at radius 1 is 1.41 bits per heavy atom. The SMILES string of the molecule is CCS(=O)(=O)N(C)c1cc(C(=O)O)ccc1C. The molecule has 0 bridgehead atoms. The Bertz CT molecular complexity index is 536. The average molecular weight is 257 g/mol. The number of hydrogen-bond acceptors (Lipinski definition) is 3. The van der Waals surface area contributed by atoms with E-state index < -0.39 is 16.0 Å². The van der Waals surface area contributed by atoms with Crippen molar-refractivity contribution >= 4 is 21.7 Å². The monoisotopic (exact) mass is 257 g/mol. The van der Waals surface area contributed by atoms with Gasteiger partial charge in [-0.2, -0.15) is 0 Å². The number of nitrogens with zero attached hydrogens (tertiary/aromatic N) is 1. The van der Waals surface area contributed by atoms with Gasteiger partial charge < -0.3 is 5.11 Å². The van der Waals surface area contributed by atoms with Gasteiger partial charge in [-0.15, -0.1) is 0 Å². The van der Waals surface area contributed by atoms with E-state index >= 15 is 0 Å². The molecular formula is C11H15NO4S. The number of benzene rings is 1. The topological polar surface area (TPSA) is 74.7 Å². The number of carboxylic acids is 1. The molecule has 1 N–H and O–H groups in total. The first kappa shape index (κ1) is 13.5. The molecule has 0 unspecified atom stereocenters. The van der Waals surface area contributed by atoms with Crippen LogP contribution < -0.4 is 4.31 Å². The molecule has 0 spiro atoms. The second kappa shape index (κ2) is 4.75. The smallest absolute Gasteiger partial charge is 0.335 e. The number of anilines is 1. The number of rotatable bonds is 4. The van der Waals surface area contributed by atoms with Crippen LogP contribution in [0.4, 0.5) is 5.69 Å². The van der Waals surface area contributed by atoms with Crippen LogP contribution in [0.25, 0.3) is 0 Å². The van der Waals surface area contributed by atoms with Gasteiger partial charge in [-0.25, -0.2) is 13.2 Å². The zero-order valence-electron chi connectivity index (χ0n) is 9.97. The molecule has 5 nitrogen and oxygen atoms in total. The quantitative estimate of drug-likeness (QED) is 0.886. The highest BCUT2D eigenvalue weighted by Crippen LogP contribution is 2.23. The lowest BCUT2D eigenvalue weighted by Crippen LogP contribution is -2.28. The summed E-state index contributed by atoms with van der Waals surface area (Å²) in [5.41, 5.74) is 1.19. The van der Waals surface area contributed by atoms with Gasteiger partial charge in [0.05, 0.1) is 17.0 Å². The maximum absolute atomic E-state index is 11.7. The maximum atomic E-state index is 11.7. The molecule has 1 aromatic carbocycles. The lowest BCUT2D eigenvalue weighted by Gasteiger charge is -2.20. The van der Waals surface area contributed by atoms with Gasteiger partial charge in [0.2, 0.25) is 10.0 Å². The summed E-state index contributed by atoms with van der Waals surface area (Å²) in [6.07, 6.45) is 0. The van der Waals surface area contributed by atoms with Gasteiger partial charge in [-0.3, -0.25) is 4.31 Å². The molecule has 17 heavy (non-hydrogen) atoms. The highest BCUT2D eigenvalue weighted by molar-refractivity contribution is 7.92. The molecule has 0 aromatic heterocycles. The minimum Gasteiger partial charge on any atom is -0.478 e. The molecule has 0 atom stereocenters. The summed E-state index contributed by atoms with van der Waals surface area (Å²) in [4.78, 5) is 10.8. The van der Waals surface area contributed by atoms with E-state index in [0.717, 1.165) is 9.87 Å². The fraction of sp³-hybridized carbons (Fsp3) is 0.364. The van der Waals surface area contributed by atoms with Crippen LogP contribution in [0.1, 0.15) is 22.8 Å². The Morgan fingerprint density at radius 3 is 2.47 bits per heavy atom. The van der Waals surface area contributed by atoms with E-state index in [-0.39, 0.29) is 11.3 Å². The van der Waals surface area contributed by atoms with Crippen molar-refractivity contribution in [1.29, 1.82) is 0 Å². The molecule has 0 aliphatic heterocycles. The van der Waals surface area contributed by atoms with Crippen LogP contribution in [0, 0.1) is 6.92 Å². The van der Waals surface area contributed by atoms with E-state index in [9.17, 15) is 13.2 Å². The summed E-state index contributed by atoms with van der Waals surface area (Å²) in [7, 11) is -1.95. The molecule has 0 radical (unpaired) electrons. The molecule has 0 amide bonds. The number of aromatic carboxylic acids is 1. The van der Waals surface area contributed by atoms with Gasteiger partial charge in [0.1, 0.15) is 0 Å². The highest BCUT2D eigenvalue weighted by Gasteiger charge is 2.18. The first-order valence-electron chi connectivity index (χ1n) is 5.10. The number of hydrogen-bond donors (Lipinski definition) is 1. The van der Waals surface area contributed by atoms with Crippen LogP contribution in [-0.2, 0) is 10.0 Å². The Kier molecular flexibility index (Phi) is 3.77. The molecule has 0 aliphatic carbocycles. The van der Waals surface area contributed by atoms with Crippen LogP contribution in [0.15, 0.2) is 18.2 Å². The number of aryl methyl sites for hydroxylation is 1. The molecule has 0 saturated carbocycles. The van der Waals surface area contributed by atoms with Gasteiger partial charge in [-0.05, 0) is 31.5 Å². The van der Waals surface area contributed by atoms with E-state index in [1.54, 1.807) is 19.9 Å². The van der Waals surface area contributed by atoms with Gasteiger partial charge >= 0.3 is 5.97 Å². The molecular weight excluding hydrogens is 242 g/mol. The minimum atomic E-state index is -3.38. The normalized spacial score (nSPS) is 11.2. The van der Waals surface area contributed by atoms with Gasteiger partial charge in [0, 0.05) is 7.05 Å². The van der Waals surface area contributed by atoms with Crippen molar-refractivity contribution in [3.63, 3.8) is 0 Å². The van der Waals surface area contributed by atoms with Crippen LogP contribution in [0.5, 0.6) is 0 Å². The van der Waals surface area contributed by atoms with Crippen molar-refractivity contribution < 1.29 is 18.3 Å². The standard InChI is InChI=1S/C11H15NO4S/c1-4-17(15,16)12(3)10-7-9(11(13)14)6-5-8(10)2/h5-7H,4H2,1-3H3,(H,13,14). The molecule has 0 heterocycles. The lowest BCUT2D eigenvalue weighted by molar-refractivity contribution is 0.0697. The molecule has 0 saturated heterocycles. The first-order valence-corrected chi connectivity index (χ1v) is 6.71. The second-order valence-corrected chi connectivity index (χ2v) is 5.96. The molecule has 1 rings (SSSR count). The van der Waals surface area contributed by atoms with Crippen LogP contribution in [-0.4, -0.2) is 32.3 Å². The minimum absolute atomic E-state index is 0.0275. The maximum Gasteiger partial charge on any atom is 0.335 e. The predicted molar refractivity (Wildman–Crippen MR) is 66.0 cm³/mol. The van der Waals surface area contributed by atoms with E-state index in [0.29, 0.717) is 5.69 Å². The van der Waals surface area contributed by atoms with Crippen LogP contribution in [0.2, 0.25) is 0 Å². The van der Waals surface area contributed by atoms with Crippen molar-refractivity contribution in [2.45, 2.75) is 13.8 Å². The summed E-state index contributed by atoms with van der Waals surface area (Å²) < 4.78 is 24.5. The summed E-state index contributed by atoms with van der Waals surface area (Å²) in [6.45, 7) is 3.28. The van der Waals surface area contributed by atoms with Crippen LogP contribution in [0.3, 0.4) is 0 Å². The van der Waals surface area contributed by atoms with Crippen LogP contribution >= 0.6 is 0 Å². The number of carboxylic acid groups (broad SMARTS) is 1. The predicted octanol–water partition coefficient (Wildman–Crippen LogP) is 1.48. The van der Waals surface area contributed by atoms with E-state index in [4.69, 9.17) is 5.11 Å². The van der Waals surface area contributed by atoms with Crippen molar-refractivity contribution in [2.24, 2.45) is 0 Å². The largest absolute Gasteiger partial charge is 0.478 e.